The molecule has 3 rings (SSSR count). The van der Waals surface area contributed by atoms with Gasteiger partial charge in [-0.2, -0.15) is 0 Å². The van der Waals surface area contributed by atoms with Crippen LogP contribution in [-0.4, -0.2) is 77.0 Å². The minimum absolute atomic E-state index is 0.0351. The maximum atomic E-state index is 13.4. The van der Waals surface area contributed by atoms with Crippen molar-refractivity contribution in [3.63, 3.8) is 0 Å². The van der Waals surface area contributed by atoms with E-state index in [4.69, 9.17) is 9.84 Å². The monoisotopic (exact) mass is 473 g/mol. The van der Waals surface area contributed by atoms with Gasteiger partial charge in [-0.15, -0.1) is 0 Å². The van der Waals surface area contributed by atoms with Crippen LogP contribution in [0.25, 0.3) is 0 Å². The molecule has 3 aliphatic heterocycles. The molecule has 3 fully saturated rings. The van der Waals surface area contributed by atoms with E-state index in [0.29, 0.717) is 32.4 Å². The van der Waals surface area contributed by atoms with Gasteiger partial charge in [0, 0.05) is 31.6 Å². The number of halogens is 1. The first-order valence-corrected chi connectivity index (χ1v) is 11.6. The fourth-order valence-electron chi connectivity index (χ4n) is 5.21. The standard InChI is InChI=1S/C20H32BrN3O5/c1-3-4-5-8-23-18(27)16-20-11-12(21)15(29-20)13(17(26)22-2)14(20)19(28)24(16)9-6-7-10-25/h12-16,25H,3-11H2,1-2H3,(H,22,26)(H,23,27)/t12?,13-,14+,15-,16?,20?/m1/s1. The first kappa shape index (κ1) is 22.5. The van der Waals surface area contributed by atoms with Gasteiger partial charge in [0.15, 0.2) is 0 Å². The molecule has 6 atom stereocenters. The number of nitrogens with one attached hydrogen (secondary N) is 2. The number of likely N-dealkylation sites (tertiary alicyclic amines) is 1. The van der Waals surface area contributed by atoms with Gasteiger partial charge in [0.05, 0.1) is 17.9 Å². The molecule has 3 N–H and O–H groups in total. The van der Waals surface area contributed by atoms with E-state index in [1.54, 1.807) is 11.9 Å². The third-order valence-corrected chi connectivity index (χ3v) is 7.32. The molecule has 9 heteroatoms. The van der Waals surface area contributed by atoms with Crippen LogP contribution in [0.3, 0.4) is 0 Å². The van der Waals surface area contributed by atoms with Crippen molar-refractivity contribution >= 4 is 33.7 Å². The second-order valence-corrected chi connectivity index (χ2v) is 9.41. The van der Waals surface area contributed by atoms with Crippen molar-refractivity contribution in [3.05, 3.63) is 0 Å². The van der Waals surface area contributed by atoms with E-state index in [9.17, 15) is 14.4 Å². The van der Waals surface area contributed by atoms with Crippen LogP contribution in [0.5, 0.6) is 0 Å². The Morgan fingerprint density at radius 3 is 2.69 bits per heavy atom. The lowest BCUT2D eigenvalue weighted by molar-refractivity contribution is -0.142. The van der Waals surface area contributed by atoms with Crippen LogP contribution in [-0.2, 0) is 19.1 Å². The fourth-order valence-corrected chi connectivity index (χ4v) is 6.16. The Morgan fingerprint density at radius 1 is 1.28 bits per heavy atom. The van der Waals surface area contributed by atoms with Crippen molar-refractivity contribution in [3.8, 4) is 0 Å². The van der Waals surface area contributed by atoms with Crippen LogP contribution in [0.4, 0.5) is 0 Å². The van der Waals surface area contributed by atoms with Crippen molar-refractivity contribution in [1.82, 2.24) is 15.5 Å². The van der Waals surface area contributed by atoms with E-state index in [1.165, 1.54) is 0 Å². The van der Waals surface area contributed by atoms with E-state index < -0.39 is 29.6 Å². The fraction of sp³-hybridized carbons (Fsp3) is 0.850. The minimum atomic E-state index is -0.985. The largest absolute Gasteiger partial charge is 0.396 e. The summed E-state index contributed by atoms with van der Waals surface area (Å²) in [5, 5.41) is 14.8. The molecule has 3 amide bonds. The van der Waals surface area contributed by atoms with Crippen LogP contribution in [0.2, 0.25) is 0 Å². The number of aliphatic hydroxyl groups excluding tert-OH is 1. The first-order chi connectivity index (χ1) is 13.9. The minimum Gasteiger partial charge on any atom is -0.396 e. The Kier molecular flexibility index (Phi) is 7.22. The molecule has 0 aromatic heterocycles. The molecular weight excluding hydrogens is 442 g/mol. The predicted octanol–water partition coefficient (Wildman–Crippen LogP) is 0.559. The number of amides is 3. The molecular formula is C20H32BrN3O5. The summed E-state index contributed by atoms with van der Waals surface area (Å²) in [5.41, 5.74) is -0.985. The summed E-state index contributed by atoms with van der Waals surface area (Å²) in [7, 11) is 1.56. The first-order valence-electron chi connectivity index (χ1n) is 10.7. The highest BCUT2D eigenvalue weighted by Crippen LogP contribution is 2.59. The zero-order valence-electron chi connectivity index (χ0n) is 17.2. The van der Waals surface area contributed by atoms with Crippen LogP contribution in [0, 0.1) is 11.8 Å². The molecule has 0 aliphatic carbocycles. The Labute approximate surface area is 180 Å². The summed E-state index contributed by atoms with van der Waals surface area (Å²) < 4.78 is 6.32. The molecule has 8 nitrogen and oxygen atoms in total. The second kappa shape index (κ2) is 9.31. The number of hydrogen-bond donors (Lipinski definition) is 3. The van der Waals surface area contributed by atoms with E-state index >= 15 is 0 Å². The van der Waals surface area contributed by atoms with Crippen LogP contribution >= 0.6 is 15.9 Å². The van der Waals surface area contributed by atoms with E-state index in [2.05, 4.69) is 33.5 Å². The number of ether oxygens (including phenoxy) is 1. The zero-order valence-corrected chi connectivity index (χ0v) is 18.7. The number of fused-ring (bicyclic) bond motifs is 1. The van der Waals surface area contributed by atoms with Gasteiger partial charge >= 0.3 is 0 Å². The number of nitrogens with zero attached hydrogens (tertiary/aromatic N) is 1. The highest BCUT2D eigenvalue weighted by atomic mass is 79.9. The quantitative estimate of drug-likeness (QED) is 0.317. The molecule has 3 heterocycles. The average molecular weight is 474 g/mol. The number of aliphatic hydroxyl groups is 1. The summed E-state index contributed by atoms with van der Waals surface area (Å²) in [6.45, 7) is 3.06. The molecule has 0 radical (unpaired) electrons. The Hall–Kier alpha value is -1.19. The molecule has 2 bridgehead atoms. The lowest BCUT2D eigenvalue weighted by atomic mass is 9.70. The number of carbonyl (C=O) groups excluding carboxylic acids is 3. The van der Waals surface area contributed by atoms with Crippen molar-refractivity contribution < 1.29 is 24.2 Å². The van der Waals surface area contributed by atoms with Crippen molar-refractivity contribution in [1.29, 1.82) is 0 Å². The van der Waals surface area contributed by atoms with Crippen LogP contribution in [0.1, 0.15) is 45.4 Å². The number of unbranched alkanes of at least 4 members (excludes halogenated alkanes) is 3. The average Bonchev–Trinajstić information content (AvgIpc) is 3.28. The maximum absolute atomic E-state index is 13.4. The van der Waals surface area contributed by atoms with Crippen LogP contribution < -0.4 is 10.6 Å². The highest BCUT2D eigenvalue weighted by Gasteiger charge is 2.76. The Bertz CT molecular complexity index is 648. The van der Waals surface area contributed by atoms with Gasteiger partial charge in [-0.3, -0.25) is 14.4 Å². The normalized spacial score (nSPS) is 35.1. The SMILES string of the molecule is CCCCCNC(=O)C1N(CCCCO)C(=O)[C@@H]2[C@@H](C(=O)NC)[C@@H]3OC12CC3Br. The predicted molar refractivity (Wildman–Crippen MR) is 110 cm³/mol. The summed E-state index contributed by atoms with van der Waals surface area (Å²) in [4.78, 5) is 40.7. The van der Waals surface area contributed by atoms with Crippen molar-refractivity contribution in [2.45, 2.75) is 68.0 Å². The van der Waals surface area contributed by atoms with Gasteiger partial charge in [0.1, 0.15) is 11.6 Å². The lowest BCUT2D eigenvalue weighted by Gasteiger charge is -2.34. The van der Waals surface area contributed by atoms with E-state index in [-0.39, 0.29) is 29.2 Å². The maximum Gasteiger partial charge on any atom is 0.245 e. The zero-order chi connectivity index (χ0) is 21.2. The summed E-state index contributed by atoms with van der Waals surface area (Å²) in [6, 6.07) is -0.750. The van der Waals surface area contributed by atoms with Crippen molar-refractivity contribution in [2.75, 3.05) is 26.7 Å². The molecule has 164 valence electrons. The summed E-state index contributed by atoms with van der Waals surface area (Å²) in [5.74, 6) is -1.88. The van der Waals surface area contributed by atoms with Crippen LogP contribution in [0.15, 0.2) is 0 Å². The van der Waals surface area contributed by atoms with Gasteiger partial charge in [-0.1, -0.05) is 35.7 Å². The molecule has 0 aromatic rings. The number of carbonyl (C=O) groups is 3. The van der Waals surface area contributed by atoms with Gasteiger partial charge < -0.3 is 25.4 Å². The molecule has 3 aliphatic rings. The molecule has 3 saturated heterocycles. The highest BCUT2D eigenvalue weighted by molar-refractivity contribution is 9.09. The summed E-state index contributed by atoms with van der Waals surface area (Å²) in [6.07, 6.45) is 4.21. The lowest BCUT2D eigenvalue weighted by Crippen LogP contribution is -2.56. The van der Waals surface area contributed by atoms with E-state index in [0.717, 1.165) is 19.3 Å². The molecule has 3 unspecified atom stereocenters. The van der Waals surface area contributed by atoms with Gasteiger partial charge in [0.2, 0.25) is 17.7 Å². The van der Waals surface area contributed by atoms with Gasteiger partial charge in [-0.05, 0) is 25.7 Å². The second-order valence-electron chi connectivity index (χ2n) is 8.24. The molecule has 1 spiro atoms. The topological polar surface area (TPSA) is 108 Å². The molecule has 0 saturated carbocycles. The van der Waals surface area contributed by atoms with Gasteiger partial charge in [0.25, 0.3) is 0 Å². The Balaban J connectivity index is 1.89. The third kappa shape index (κ3) is 3.81. The Morgan fingerprint density at radius 2 is 2.03 bits per heavy atom. The van der Waals surface area contributed by atoms with Gasteiger partial charge in [-0.25, -0.2) is 0 Å². The molecule has 0 aromatic carbocycles. The number of rotatable bonds is 10. The third-order valence-electron chi connectivity index (χ3n) is 6.47. The number of alkyl halides is 1. The summed E-state index contributed by atoms with van der Waals surface area (Å²) >= 11 is 3.62. The van der Waals surface area contributed by atoms with Crippen molar-refractivity contribution in [2.24, 2.45) is 11.8 Å². The molecule has 29 heavy (non-hydrogen) atoms. The van der Waals surface area contributed by atoms with E-state index in [1.807, 2.05) is 0 Å². The number of hydrogen-bond acceptors (Lipinski definition) is 5. The smallest absolute Gasteiger partial charge is 0.245 e.